The van der Waals surface area contributed by atoms with Gasteiger partial charge in [0.15, 0.2) is 0 Å². The second-order valence-electron chi connectivity index (χ2n) is 5.17. The molecule has 1 aliphatic heterocycles. The molecule has 0 bridgehead atoms. The van der Waals surface area contributed by atoms with Gasteiger partial charge < -0.3 is 10.2 Å². The van der Waals surface area contributed by atoms with Gasteiger partial charge in [0.1, 0.15) is 12.0 Å². The highest BCUT2D eigenvalue weighted by atomic mass is 16.6. The predicted octanol–water partition coefficient (Wildman–Crippen LogP) is 2.19. The number of rotatable bonds is 5. The number of nitrogens with zero attached hydrogens (tertiary/aromatic N) is 3. The molecule has 1 aliphatic rings. The summed E-state index contributed by atoms with van der Waals surface area (Å²) >= 11 is 0. The number of pyridine rings is 1. The molecule has 0 amide bonds. The van der Waals surface area contributed by atoms with Crippen molar-refractivity contribution < 1.29 is 4.92 Å². The van der Waals surface area contributed by atoms with E-state index in [0.717, 1.165) is 17.9 Å². The lowest BCUT2D eigenvalue weighted by molar-refractivity contribution is -0.385. The monoisotopic (exact) mass is 264 g/mol. The maximum atomic E-state index is 10.7. The van der Waals surface area contributed by atoms with Crippen molar-refractivity contribution in [3.05, 3.63) is 27.9 Å². The minimum Gasteiger partial charge on any atom is -0.366 e. The molecular formula is C13H20N4O2. The first-order chi connectivity index (χ1) is 9.06. The van der Waals surface area contributed by atoms with Gasteiger partial charge in [0.2, 0.25) is 0 Å². The summed E-state index contributed by atoms with van der Waals surface area (Å²) in [5, 5.41) is 14.0. The van der Waals surface area contributed by atoms with E-state index in [1.807, 2.05) is 6.92 Å². The lowest BCUT2D eigenvalue weighted by atomic mass is 10.2. The van der Waals surface area contributed by atoms with E-state index in [4.69, 9.17) is 0 Å². The highest BCUT2D eigenvalue weighted by molar-refractivity contribution is 5.48. The first kappa shape index (κ1) is 13.7. The molecule has 104 valence electrons. The van der Waals surface area contributed by atoms with Crippen molar-refractivity contribution in [3.63, 3.8) is 0 Å². The van der Waals surface area contributed by atoms with E-state index in [1.165, 1.54) is 32.1 Å². The zero-order valence-corrected chi connectivity index (χ0v) is 11.4. The van der Waals surface area contributed by atoms with Crippen molar-refractivity contribution in [2.45, 2.75) is 32.7 Å². The summed E-state index contributed by atoms with van der Waals surface area (Å²) in [4.78, 5) is 16.8. The van der Waals surface area contributed by atoms with Crippen LogP contribution in [0.1, 0.15) is 25.3 Å². The van der Waals surface area contributed by atoms with Gasteiger partial charge in [-0.3, -0.25) is 10.1 Å². The number of hydrogen-bond acceptors (Lipinski definition) is 5. The Morgan fingerprint density at radius 2 is 2.21 bits per heavy atom. The van der Waals surface area contributed by atoms with Gasteiger partial charge in [-0.1, -0.05) is 0 Å². The van der Waals surface area contributed by atoms with Crippen molar-refractivity contribution in [2.24, 2.45) is 0 Å². The molecule has 1 aromatic heterocycles. The minimum absolute atomic E-state index is 0.0373. The van der Waals surface area contributed by atoms with Crippen LogP contribution in [0.25, 0.3) is 0 Å². The quantitative estimate of drug-likeness (QED) is 0.652. The van der Waals surface area contributed by atoms with E-state index in [-0.39, 0.29) is 11.7 Å². The predicted molar refractivity (Wildman–Crippen MR) is 74.4 cm³/mol. The van der Waals surface area contributed by atoms with E-state index < -0.39 is 4.92 Å². The maximum Gasteiger partial charge on any atom is 0.287 e. The molecule has 1 atom stereocenters. The lowest BCUT2D eigenvalue weighted by Gasteiger charge is -2.22. The van der Waals surface area contributed by atoms with Crippen LogP contribution in [0.5, 0.6) is 0 Å². The van der Waals surface area contributed by atoms with E-state index in [9.17, 15) is 10.1 Å². The lowest BCUT2D eigenvalue weighted by Crippen LogP contribution is -2.33. The summed E-state index contributed by atoms with van der Waals surface area (Å²) in [5.41, 5.74) is 0.845. The Kier molecular flexibility index (Phi) is 4.31. The normalized spacial score (nSPS) is 17.4. The smallest absolute Gasteiger partial charge is 0.287 e. The van der Waals surface area contributed by atoms with Crippen molar-refractivity contribution in [2.75, 3.05) is 25.0 Å². The SMILES string of the molecule is Cc1cc([N+](=O)[O-])cnc1NC(C)CN1CCCC1. The largest absolute Gasteiger partial charge is 0.366 e. The van der Waals surface area contributed by atoms with E-state index in [0.29, 0.717) is 0 Å². The summed E-state index contributed by atoms with van der Waals surface area (Å²) in [6, 6.07) is 1.84. The molecule has 19 heavy (non-hydrogen) atoms. The van der Waals surface area contributed by atoms with Crippen molar-refractivity contribution in [1.29, 1.82) is 0 Å². The van der Waals surface area contributed by atoms with Gasteiger partial charge in [-0.15, -0.1) is 0 Å². The van der Waals surface area contributed by atoms with E-state index >= 15 is 0 Å². The Balaban J connectivity index is 1.96. The van der Waals surface area contributed by atoms with Gasteiger partial charge in [-0.2, -0.15) is 0 Å². The zero-order valence-electron chi connectivity index (χ0n) is 11.4. The average molecular weight is 264 g/mol. The Labute approximate surface area is 113 Å². The molecule has 2 heterocycles. The minimum atomic E-state index is -0.419. The first-order valence-electron chi connectivity index (χ1n) is 6.66. The van der Waals surface area contributed by atoms with Crippen molar-refractivity contribution in [1.82, 2.24) is 9.88 Å². The second kappa shape index (κ2) is 5.97. The van der Waals surface area contributed by atoms with Crippen LogP contribution in [0.4, 0.5) is 11.5 Å². The molecule has 0 saturated carbocycles. The molecule has 1 fully saturated rings. The Hall–Kier alpha value is -1.69. The second-order valence-corrected chi connectivity index (χ2v) is 5.17. The number of nitrogens with one attached hydrogen (secondary N) is 1. The molecule has 0 aliphatic carbocycles. The van der Waals surface area contributed by atoms with Crippen LogP contribution < -0.4 is 5.32 Å². The molecule has 1 unspecified atom stereocenters. The summed E-state index contributed by atoms with van der Waals surface area (Å²) in [7, 11) is 0. The van der Waals surface area contributed by atoms with Gasteiger partial charge >= 0.3 is 0 Å². The maximum absolute atomic E-state index is 10.7. The molecule has 6 heteroatoms. The highest BCUT2D eigenvalue weighted by Gasteiger charge is 2.16. The fourth-order valence-electron chi connectivity index (χ4n) is 2.44. The van der Waals surface area contributed by atoms with Gasteiger partial charge in [0, 0.05) is 18.7 Å². The van der Waals surface area contributed by atoms with E-state index in [1.54, 1.807) is 6.07 Å². The molecule has 1 aromatic rings. The third-order valence-electron chi connectivity index (χ3n) is 3.39. The van der Waals surface area contributed by atoms with Gasteiger partial charge in [-0.05, 0) is 45.3 Å². The summed E-state index contributed by atoms with van der Waals surface area (Å²) in [6.07, 6.45) is 3.86. The highest BCUT2D eigenvalue weighted by Crippen LogP contribution is 2.19. The summed E-state index contributed by atoms with van der Waals surface area (Å²) in [5.74, 6) is 0.734. The van der Waals surface area contributed by atoms with Crippen LogP contribution in [0.2, 0.25) is 0 Å². The van der Waals surface area contributed by atoms with Crippen LogP contribution in [0, 0.1) is 17.0 Å². The zero-order chi connectivity index (χ0) is 13.8. The average Bonchev–Trinajstić information content (AvgIpc) is 2.84. The Morgan fingerprint density at radius 1 is 1.53 bits per heavy atom. The summed E-state index contributed by atoms with van der Waals surface area (Å²) in [6.45, 7) is 7.27. The van der Waals surface area contributed by atoms with Crippen LogP contribution in [0.3, 0.4) is 0 Å². The van der Waals surface area contributed by atoms with Gasteiger partial charge in [0.25, 0.3) is 5.69 Å². The number of aromatic nitrogens is 1. The Bertz CT molecular complexity index is 458. The topological polar surface area (TPSA) is 71.3 Å². The van der Waals surface area contributed by atoms with Crippen LogP contribution in [0.15, 0.2) is 12.3 Å². The molecular weight excluding hydrogens is 244 g/mol. The molecule has 0 radical (unpaired) electrons. The number of anilines is 1. The molecule has 1 saturated heterocycles. The third kappa shape index (κ3) is 3.64. The number of nitro groups is 1. The van der Waals surface area contributed by atoms with Gasteiger partial charge in [0.05, 0.1) is 4.92 Å². The van der Waals surface area contributed by atoms with Gasteiger partial charge in [-0.25, -0.2) is 4.98 Å². The molecule has 0 aromatic carbocycles. The Morgan fingerprint density at radius 3 is 2.79 bits per heavy atom. The van der Waals surface area contributed by atoms with Crippen molar-refractivity contribution in [3.8, 4) is 0 Å². The standard InChI is InChI=1S/C13H20N4O2/c1-10-7-12(17(18)19)8-14-13(10)15-11(2)9-16-5-3-4-6-16/h7-8,11H,3-6,9H2,1-2H3,(H,14,15). The van der Waals surface area contributed by atoms with Crippen LogP contribution in [-0.4, -0.2) is 40.5 Å². The number of hydrogen-bond donors (Lipinski definition) is 1. The summed E-state index contributed by atoms with van der Waals surface area (Å²) < 4.78 is 0. The fourth-order valence-corrected chi connectivity index (χ4v) is 2.44. The van der Waals surface area contributed by atoms with Crippen LogP contribution in [-0.2, 0) is 0 Å². The fraction of sp³-hybridized carbons (Fsp3) is 0.615. The number of likely N-dealkylation sites (tertiary alicyclic amines) is 1. The molecule has 0 spiro atoms. The number of aryl methyl sites for hydroxylation is 1. The first-order valence-corrected chi connectivity index (χ1v) is 6.66. The van der Waals surface area contributed by atoms with Crippen LogP contribution >= 0.6 is 0 Å². The molecule has 1 N–H and O–H groups in total. The third-order valence-corrected chi connectivity index (χ3v) is 3.39. The van der Waals surface area contributed by atoms with Crippen molar-refractivity contribution >= 4 is 11.5 Å². The molecule has 2 rings (SSSR count). The van der Waals surface area contributed by atoms with E-state index in [2.05, 4.69) is 22.1 Å². The molecule has 6 nitrogen and oxygen atoms in total.